The molecule has 2 atom stereocenters. The second kappa shape index (κ2) is 7.66. The molecule has 2 rings (SSSR count). The Morgan fingerprint density at radius 2 is 2.26 bits per heavy atom. The summed E-state index contributed by atoms with van der Waals surface area (Å²) in [6.07, 6.45) is 1.35. The number of hydrogen-bond donors (Lipinski definition) is 2. The summed E-state index contributed by atoms with van der Waals surface area (Å²) in [5.41, 5.74) is 0.343. The molecule has 1 aromatic rings. The van der Waals surface area contributed by atoms with Crippen molar-refractivity contribution in [3.8, 4) is 5.75 Å². The van der Waals surface area contributed by atoms with Crippen LogP contribution in [0, 0.1) is 0 Å². The van der Waals surface area contributed by atoms with Crippen LogP contribution in [0.5, 0.6) is 5.75 Å². The molecule has 1 fully saturated rings. The van der Waals surface area contributed by atoms with Crippen molar-refractivity contribution in [1.82, 2.24) is 10.2 Å². The van der Waals surface area contributed by atoms with Gasteiger partial charge in [-0.15, -0.1) is 0 Å². The molecule has 0 bridgehead atoms. The summed E-state index contributed by atoms with van der Waals surface area (Å²) in [4.78, 5) is 26.7. The maximum absolute atomic E-state index is 12.8. The Morgan fingerprint density at radius 3 is 2.91 bits per heavy atom. The fourth-order valence-corrected chi connectivity index (χ4v) is 2.84. The van der Waals surface area contributed by atoms with Crippen LogP contribution in [0.25, 0.3) is 0 Å². The zero-order valence-corrected chi connectivity index (χ0v) is 14.0. The minimum atomic E-state index is -0.541. The van der Waals surface area contributed by atoms with Gasteiger partial charge in [-0.05, 0) is 38.0 Å². The predicted octanol–water partition coefficient (Wildman–Crippen LogP) is 1.45. The molecular formula is C16H21ClN2O4. The normalized spacial score (nSPS) is 18.6. The molecule has 1 aliphatic heterocycles. The molecule has 2 N–H and O–H groups in total. The molecule has 126 valence electrons. The summed E-state index contributed by atoms with van der Waals surface area (Å²) in [6.45, 7) is 2.06. The molecule has 1 saturated heterocycles. The van der Waals surface area contributed by atoms with Gasteiger partial charge in [0.25, 0.3) is 5.91 Å². The Balaban J connectivity index is 2.21. The number of aliphatic hydroxyl groups is 1. The van der Waals surface area contributed by atoms with Gasteiger partial charge in [0.2, 0.25) is 5.91 Å². The summed E-state index contributed by atoms with van der Waals surface area (Å²) in [7, 11) is 1.48. The van der Waals surface area contributed by atoms with Crippen LogP contribution < -0.4 is 10.1 Å². The predicted molar refractivity (Wildman–Crippen MR) is 86.8 cm³/mol. The van der Waals surface area contributed by atoms with E-state index in [4.69, 9.17) is 21.4 Å². The van der Waals surface area contributed by atoms with Gasteiger partial charge >= 0.3 is 0 Å². The summed E-state index contributed by atoms with van der Waals surface area (Å²) < 4.78 is 5.22. The van der Waals surface area contributed by atoms with E-state index in [2.05, 4.69) is 5.32 Å². The third-order valence-corrected chi connectivity index (χ3v) is 4.11. The smallest absolute Gasteiger partial charge is 0.258 e. The lowest BCUT2D eigenvalue weighted by molar-refractivity contribution is -0.125. The molecule has 0 aromatic heterocycles. The Labute approximate surface area is 140 Å². The third kappa shape index (κ3) is 3.95. The van der Waals surface area contributed by atoms with Crippen molar-refractivity contribution >= 4 is 23.4 Å². The number of hydrogen-bond acceptors (Lipinski definition) is 4. The van der Waals surface area contributed by atoms with Crippen LogP contribution in [0.1, 0.15) is 30.1 Å². The van der Waals surface area contributed by atoms with E-state index in [1.54, 1.807) is 25.1 Å². The number of benzene rings is 1. The first-order valence-electron chi connectivity index (χ1n) is 7.53. The second-order valence-electron chi connectivity index (χ2n) is 5.59. The highest BCUT2D eigenvalue weighted by Crippen LogP contribution is 2.27. The maximum atomic E-state index is 12.8. The fourth-order valence-electron chi connectivity index (χ4n) is 2.67. The van der Waals surface area contributed by atoms with Gasteiger partial charge < -0.3 is 20.1 Å². The van der Waals surface area contributed by atoms with E-state index in [-0.39, 0.29) is 24.5 Å². The lowest BCUT2D eigenvalue weighted by Crippen LogP contribution is -2.49. The van der Waals surface area contributed by atoms with E-state index in [9.17, 15) is 9.59 Å². The van der Waals surface area contributed by atoms with Crippen molar-refractivity contribution in [2.24, 2.45) is 0 Å². The van der Waals surface area contributed by atoms with Crippen LogP contribution in [-0.2, 0) is 4.79 Å². The Morgan fingerprint density at radius 1 is 1.52 bits per heavy atom. The molecule has 1 heterocycles. The molecule has 0 spiro atoms. The second-order valence-corrected chi connectivity index (χ2v) is 6.03. The number of carbonyl (C=O) groups is 2. The van der Waals surface area contributed by atoms with Crippen molar-refractivity contribution in [3.05, 3.63) is 28.8 Å². The number of carbonyl (C=O) groups excluding carboxylic acids is 2. The number of rotatable bonds is 5. The molecule has 2 amide bonds. The van der Waals surface area contributed by atoms with Crippen molar-refractivity contribution in [1.29, 1.82) is 0 Å². The van der Waals surface area contributed by atoms with Crippen molar-refractivity contribution < 1.29 is 19.4 Å². The number of aliphatic hydroxyl groups excluding tert-OH is 1. The van der Waals surface area contributed by atoms with E-state index < -0.39 is 6.04 Å². The van der Waals surface area contributed by atoms with E-state index in [0.717, 1.165) is 6.42 Å². The SMILES string of the molecule is COc1ccc(Cl)cc1C(=O)N1CCCC1C(=O)NC(C)CO. The highest BCUT2D eigenvalue weighted by molar-refractivity contribution is 6.31. The van der Waals surface area contributed by atoms with Gasteiger partial charge in [0.15, 0.2) is 0 Å². The number of ether oxygens (including phenoxy) is 1. The number of halogens is 1. The molecule has 7 heteroatoms. The van der Waals surface area contributed by atoms with E-state index in [0.29, 0.717) is 29.3 Å². The molecular weight excluding hydrogens is 320 g/mol. The molecule has 2 unspecified atom stereocenters. The Kier molecular flexibility index (Phi) is 5.85. The molecule has 1 aliphatic rings. The number of methoxy groups -OCH3 is 1. The van der Waals surface area contributed by atoms with Gasteiger partial charge in [-0.2, -0.15) is 0 Å². The maximum Gasteiger partial charge on any atom is 0.258 e. The highest BCUT2D eigenvalue weighted by atomic mass is 35.5. The number of nitrogens with one attached hydrogen (secondary N) is 1. The summed E-state index contributed by atoms with van der Waals surface area (Å²) >= 11 is 5.98. The quantitative estimate of drug-likeness (QED) is 0.850. The first kappa shape index (κ1) is 17.6. The summed E-state index contributed by atoms with van der Waals surface area (Å²) in [5, 5.41) is 12.2. The Hall–Kier alpha value is -1.79. The standard InChI is InChI=1S/C16H21ClN2O4/c1-10(9-20)18-15(21)13-4-3-7-19(13)16(22)12-8-11(17)5-6-14(12)23-2/h5-6,8,10,13,20H,3-4,7,9H2,1-2H3,(H,18,21). The Bertz CT molecular complexity index is 593. The zero-order valence-electron chi connectivity index (χ0n) is 13.2. The van der Waals surface area contributed by atoms with E-state index in [1.165, 1.54) is 12.0 Å². The van der Waals surface area contributed by atoms with Gasteiger partial charge in [-0.25, -0.2) is 0 Å². The average Bonchev–Trinajstić information content (AvgIpc) is 3.03. The zero-order chi connectivity index (χ0) is 17.0. The van der Waals surface area contributed by atoms with Gasteiger partial charge in [0, 0.05) is 17.6 Å². The van der Waals surface area contributed by atoms with Gasteiger partial charge in [0.05, 0.1) is 19.3 Å². The molecule has 23 heavy (non-hydrogen) atoms. The summed E-state index contributed by atoms with van der Waals surface area (Å²) in [6, 6.07) is 3.94. The van der Waals surface area contributed by atoms with Gasteiger partial charge in [-0.3, -0.25) is 9.59 Å². The molecule has 0 saturated carbocycles. The first-order chi connectivity index (χ1) is 11.0. The van der Waals surface area contributed by atoms with Crippen LogP contribution in [0.4, 0.5) is 0 Å². The number of nitrogens with zero attached hydrogens (tertiary/aromatic N) is 1. The van der Waals surface area contributed by atoms with E-state index in [1.807, 2.05) is 0 Å². The van der Waals surface area contributed by atoms with Crippen LogP contribution in [-0.4, -0.2) is 54.2 Å². The minimum absolute atomic E-state index is 0.144. The van der Waals surface area contributed by atoms with Gasteiger partial charge in [-0.1, -0.05) is 11.6 Å². The van der Waals surface area contributed by atoms with Crippen molar-refractivity contribution in [2.45, 2.75) is 31.8 Å². The topological polar surface area (TPSA) is 78.9 Å². The van der Waals surface area contributed by atoms with Crippen LogP contribution in [0.2, 0.25) is 5.02 Å². The molecule has 6 nitrogen and oxygen atoms in total. The molecule has 0 radical (unpaired) electrons. The minimum Gasteiger partial charge on any atom is -0.496 e. The third-order valence-electron chi connectivity index (χ3n) is 3.87. The van der Waals surface area contributed by atoms with Crippen LogP contribution in [0.3, 0.4) is 0 Å². The lowest BCUT2D eigenvalue weighted by Gasteiger charge is -2.26. The van der Waals surface area contributed by atoms with Crippen molar-refractivity contribution in [3.63, 3.8) is 0 Å². The first-order valence-corrected chi connectivity index (χ1v) is 7.91. The lowest BCUT2D eigenvalue weighted by atomic mass is 10.1. The van der Waals surface area contributed by atoms with Crippen LogP contribution in [0.15, 0.2) is 18.2 Å². The molecule has 1 aromatic carbocycles. The van der Waals surface area contributed by atoms with Crippen LogP contribution >= 0.6 is 11.6 Å². The summed E-state index contributed by atoms with van der Waals surface area (Å²) in [5.74, 6) is -0.105. The van der Waals surface area contributed by atoms with Crippen molar-refractivity contribution in [2.75, 3.05) is 20.3 Å². The number of amides is 2. The molecule has 0 aliphatic carbocycles. The fraction of sp³-hybridized carbons (Fsp3) is 0.500. The number of likely N-dealkylation sites (tertiary alicyclic amines) is 1. The monoisotopic (exact) mass is 340 g/mol. The average molecular weight is 341 g/mol. The largest absolute Gasteiger partial charge is 0.496 e. The van der Waals surface area contributed by atoms with Gasteiger partial charge in [0.1, 0.15) is 11.8 Å². The highest BCUT2D eigenvalue weighted by Gasteiger charge is 2.35. The van der Waals surface area contributed by atoms with E-state index >= 15 is 0 Å².